The van der Waals surface area contributed by atoms with Crippen LogP contribution in [0.15, 0.2) is 49.6 Å². The van der Waals surface area contributed by atoms with Crippen molar-refractivity contribution in [3.05, 3.63) is 66.4 Å². The van der Waals surface area contributed by atoms with Crippen molar-refractivity contribution in [3.8, 4) is 42.2 Å². The summed E-state index contributed by atoms with van der Waals surface area (Å²) in [5.74, 6) is 2.73. The number of aliphatic hydroxyl groups is 1. The molecule has 0 spiro atoms. The van der Waals surface area contributed by atoms with Crippen molar-refractivity contribution < 1.29 is 31.0 Å². The van der Waals surface area contributed by atoms with Crippen molar-refractivity contribution in [2.45, 2.75) is 0 Å². The number of halogens is 4. The van der Waals surface area contributed by atoms with Gasteiger partial charge in [0.15, 0.2) is 23.4 Å². The number of hydrogen-bond donors (Lipinski definition) is 1. The topological polar surface area (TPSA) is 117 Å². The molecule has 4 heterocycles. The van der Waals surface area contributed by atoms with E-state index in [0.717, 1.165) is 0 Å². The lowest BCUT2D eigenvalue weighted by molar-refractivity contribution is -0.00000934. The molecule has 0 saturated carbocycles. The van der Waals surface area contributed by atoms with Crippen molar-refractivity contribution in [3.63, 3.8) is 0 Å². The molecule has 0 unspecified atom stereocenters. The number of nitrogens with zero attached hydrogens (tertiary/aromatic N) is 8. The Bertz CT molecular complexity index is 1230. The Morgan fingerprint density at radius 3 is 1.91 bits per heavy atom. The van der Waals surface area contributed by atoms with Crippen LogP contribution in [-0.2, 0) is 0 Å². The van der Waals surface area contributed by atoms with Crippen LogP contribution in [0, 0.1) is 36.3 Å². The van der Waals surface area contributed by atoms with E-state index in [1.807, 2.05) is 5.92 Å². The van der Waals surface area contributed by atoms with Crippen LogP contribution in [0.3, 0.4) is 0 Å². The Labute approximate surface area is 204 Å². The fourth-order valence-corrected chi connectivity index (χ4v) is 2.13. The molecule has 0 fully saturated rings. The molecule has 0 radical (unpaired) electrons. The summed E-state index contributed by atoms with van der Waals surface area (Å²) in [7, 11) is 0. The third-order valence-electron chi connectivity index (χ3n) is 3.29. The van der Waals surface area contributed by atoms with Crippen LogP contribution >= 0.6 is 11.6 Å². The van der Waals surface area contributed by atoms with Crippen LogP contribution in [0.25, 0.3) is 11.6 Å². The van der Waals surface area contributed by atoms with Gasteiger partial charge in [-0.3, -0.25) is 0 Å². The van der Waals surface area contributed by atoms with E-state index in [2.05, 4.69) is 42.5 Å². The molecular weight excluding hydrogens is 493 g/mol. The van der Waals surface area contributed by atoms with Gasteiger partial charge >= 0.3 is 0 Å². The van der Waals surface area contributed by atoms with Gasteiger partial charge in [0.2, 0.25) is 11.6 Å². The average molecular weight is 508 g/mol. The molecule has 0 aliphatic carbocycles. The molecule has 34 heavy (non-hydrogen) atoms. The Kier molecular flexibility index (Phi) is 12.2. The number of aliphatic hydroxyl groups excluding tert-OH is 1. The molecule has 14 heteroatoms. The average Bonchev–Trinajstić information content (AvgIpc) is 3.56. The summed E-state index contributed by atoms with van der Waals surface area (Å²) in [5.41, 5.74) is 0. The maximum atomic E-state index is 13.8. The number of aromatic nitrogens is 8. The van der Waals surface area contributed by atoms with Crippen LogP contribution in [-0.4, -0.2) is 57.8 Å². The van der Waals surface area contributed by atoms with E-state index in [4.69, 9.17) is 27.9 Å². The van der Waals surface area contributed by atoms with Crippen molar-refractivity contribution in [2.75, 3.05) is 13.2 Å². The Morgan fingerprint density at radius 1 is 0.912 bits per heavy atom. The summed E-state index contributed by atoms with van der Waals surface area (Å²) in [5, 5.41) is 15.1. The van der Waals surface area contributed by atoms with E-state index in [-0.39, 0.29) is 48.3 Å². The molecule has 10 nitrogen and oxygen atoms in total. The molecular formula is C20H15Cl2F2N8O2-. The van der Waals surface area contributed by atoms with E-state index in [0.29, 0.717) is 0 Å². The number of hydrogen-bond acceptors (Lipinski definition) is 8. The summed E-state index contributed by atoms with van der Waals surface area (Å²) < 4.78 is 34.5. The predicted octanol–water partition coefficient (Wildman–Crippen LogP) is -1.12. The third-order valence-corrected chi connectivity index (χ3v) is 3.56. The van der Waals surface area contributed by atoms with Gasteiger partial charge in [-0.05, 0) is 12.1 Å². The fraction of sp³-hybridized carbons (Fsp3) is 0.100. The van der Waals surface area contributed by atoms with Gasteiger partial charge in [0, 0.05) is 24.8 Å². The number of ether oxygens (including phenoxy) is 1. The lowest BCUT2D eigenvalue weighted by Gasteiger charge is -2.05. The standard InChI is InChI=1S/C10H7FN4O.C7H4ClFN4.C3H4O.ClH/c1-2-6-16-10-8(11)9(12-7-13-10)15-5-3-4-14-15;8-6-5(9)7(11-4-10-6)13-3-1-2-12-13;1-2-3-4;/h1,3-5,7H,6H2;1-4H;1,4H,3H2;1H/p-1. The van der Waals surface area contributed by atoms with Gasteiger partial charge in [-0.2, -0.15) is 24.0 Å². The van der Waals surface area contributed by atoms with Crippen molar-refractivity contribution in [2.24, 2.45) is 0 Å². The SMILES string of the molecule is C#CCO.C#CCOc1ncnc(-n2cccn2)c1F.Fc1c(Cl)ncnc1-n1cccn1.[Cl-]. The smallest absolute Gasteiger partial charge is 0.256 e. The van der Waals surface area contributed by atoms with Crippen molar-refractivity contribution in [1.82, 2.24) is 39.5 Å². The van der Waals surface area contributed by atoms with Gasteiger partial charge in [0.1, 0.15) is 19.3 Å². The zero-order valence-electron chi connectivity index (χ0n) is 17.1. The van der Waals surface area contributed by atoms with Crippen molar-refractivity contribution >= 4 is 11.6 Å². The second kappa shape index (κ2) is 14.9. The first kappa shape index (κ1) is 27.9. The van der Waals surface area contributed by atoms with Crippen LogP contribution in [0.2, 0.25) is 5.15 Å². The van der Waals surface area contributed by atoms with Crippen LogP contribution in [0.5, 0.6) is 5.88 Å². The van der Waals surface area contributed by atoms with Gasteiger partial charge < -0.3 is 22.3 Å². The minimum Gasteiger partial charge on any atom is -1.00 e. The number of terminal acetylenes is 2. The summed E-state index contributed by atoms with van der Waals surface area (Å²) in [6, 6.07) is 3.32. The molecule has 0 atom stereocenters. The molecule has 0 amide bonds. The molecule has 0 saturated heterocycles. The van der Waals surface area contributed by atoms with Gasteiger partial charge in [0.25, 0.3) is 5.88 Å². The first-order chi connectivity index (χ1) is 16.0. The van der Waals surface area contributed by atoms with Crippen LogP contribution in [0.4, 0.5) is 8.78 Å². The lowest BCUT2D eigenvalue weighted by Crippen LogP contribution is -3.00. The summed E-state index contributed by atoms with van der Waals surface area (Å²) in [4.78, 5) is 14.6. The van der Waals surface area contributed by atoms with E-state index in [1.54, 1.807) is 24.5 Å². The second-order valence-electron chi connectivity index (χ2n) is 5.37. The quantitative estimate of drug-likeness (QED) is 0.273. The Hall–Kier alpha value is -4.10. The van der Waals surface area contributed by atoms with Crippen LogP contribution < -0.4 is 17.1 Å². The summed E-state index contributed by atoms with van der Waals surface area (Å²) in [6.45, 7) is -0.202. The molecule has 4 aromatic heterocycles. The zero-order valence-corrected chi connectivity index (χ0v) is 18.6. The van der Waals surface area contributed by atoms with Crippen LogP contribution in [0.1, 0.15) is 0 Å². The minimum absolute atomic E-state index is 0. The Morgan fingerprint density at radius 2 is 1.44 bits per heavy atom. The summed E-state index contributed by atoms with van der Waals surface area (Å²) >= 11 is 5.46. The van der Waals surface area contributed by atoms with Gasteiger partial charge in [-0.15, -0.1) is 12.8 Å². The van der Waals surface area contributed by atoms with Gasteiger partial charge in [0.05, 0.1) is 0 Å². The monoisotopic (exact) mass is 507 g/mol. The molecule has 0 aliphatic heterocycles. The predicted molar refractivity (Wildman–Crippen MR) is 113 cm³/mol. The first-order valence-corrected chi connectivity index (χ1v) is 9.18. The largest absolute Gasteiger partial charge is 1.00 e. The maximum absolute atomic E-state index is 13.8. The van der Waals surface area contributed by atoms with E-state index < -0.39 is 11.6 Å². The maximum Gasteiger partial charge on any atom is 0.256 e. The Balaban J connectivity index is 0.000000291. The highest BCUT2D eigenvalue weighted by Gasteiger charge is 2.14. The zero-order chi connectivity index (χ0) is 24.1. The van der Waals surface area contributed by atoms with Gasteiger partial charge in [-0.1, -0.05) is 23.4 Å². The highest BCUT2D eigenvalue weighted by atomic mass is 35.5. The van der Waals surface area contributed by atoms with Gasteiger partial charge in [-0.25, -0.2) is 24.3 Å². The third kappa shape index (κ3) is 7.79. The lowest BCUT2D eigenvalue weighted by atomic mass is 10.5. The minimum atomic E-state index is -0.693. The highest BCUT2D eigenvalue weighted by molar-refractivity contribution is 6.29. The summed E-state index contributed by atoms with van der Waals surface area (Å²) in [6.07, 6.45) is 18.1. The second-order valence-corrected chi connectivity index (χ2v) is 5.73. The van der Waals surface area contributed by atoms with E-state index in [9.17, 15) is 8.78 Å². The molecule has 0 aliphatic rings. The fourth-order valence-electron chi connectivity index (χ4n) is 2.00. The normalized spacial score (nSPS) is 9.12. The van der Waals surface area contributed by atoms with E-state index >= 15 is 0 Å². The van der Waals surface area contributed by atoms with E-state index in [1.165, 1.54) is 34.4 Å². The molecule has 176 valence electrons. The number of rotatable bonds is 4. The first-order valence-electron chi connectivity index (χ1n) is 8.80. The molecule has 0 bridgehead atoms. The van der Waals surface area contributed by atoms with Crippen molar-refractivity contribution in [1.29, 1.82) is 0 Å². The molecule has 0 aromatic carbocycles. The molecule has 4 rings (SSSR count). The molecule has 4 aromatic rings. The molecule has 1 N–H and O–H groups in total. The highest BCUT2D eigenvalue weighted by Crippen LogP contribution is 2.17.